The normalized spacial score (nSPS) is 12.4. The van der Waals surface area contributed by atoms with Crippen molar-refractivity contribution in [2.45, 2.75) is 143 Å². The SMILES string of the molecule is CCCCCCOC(=O)C(C(=O)OCCCCCC)=C(CP(OB(Oc1cc(C(F)(F)F)cc(C(F)(F)F)c1)OP(CC(=C(C(=O)OCCCCCC)C(=O)OCCCCCC)c1ccccc1)(c1ccccc1)(c1ccccc1)c1ccccc1)(c1ccccc1)(c1ccccc1)c1ccccc1)c1ccccc1. The third-order valence-electron chi connectivity index (χ3n) is 19.8. The third kappa shape index (κ3) is 20.4. The second-order valence-corrected chi connectivity index (χ2v) is 36.3. The molecule has 0 saturated heterocycles. The van der Waals surface area contributed by atoms with E-state index < -0.39 is 97.6 Å². The molecule has 0 unspecified atom stereocenters. The number of carbonyl (C=O) groups is 4. The molecule has 0 aliphatic rings. The summed E-state index contributed by atoms with van der Waals surface area (Å²) in [5.41, 5.74) is -3.85. The van der Waals surface area contributed by atoms with Gasteiger partial charge in [0.25, 0.3) is 0 Å². The van der Waals surface area contributed by atoms with Gasteiger partial charge in [-0.3, -0.25) is 0 Å². The van der Waals surface area contributed by atoms with Crippen LogP contribution in [0.3, 0.4) is 0 Å². The molecule has 0 atom stereocenters. The Morgan fingerprint density at radius 2 is 0.536 bits per heavy atom. The molecule has 9 aromatic carbocycles. The van der Waals surface area contributed by atoms with Crippen molar-refractivity contribution in [3.63, 3.8) is 0 Å². The maximum atomic E-state index is 15.8. The minimum absolute atomic E-state index is 0.00604. The summed E-state index contributed by atoms with van der Waals surface area (Å²) in [5.74, 6) is -5.15. The Balaban J connectivity index is 1.54. The summed E-state index contributed by atoms with van der Waals surface area (Å²) in [7, 11) is -2.62. The van der Waals surface area contributed by atoms with Crippen molar-refractivity contribution in [1.82, 2.24) is 0 Å². The molecule has 0 radical (unpaired) electrons. The first-order chi connectivity index (χ1) is 53.3. The van der Waals surface area contributed by atoms with E-state index >= 15 is 45.5 Å². The summed E-state index contributed by atoms with van der Waals surface area (Å²) in [6, 6.07) is 71.0. The van der Waals surface area contributed by atoms with E-state index in [1.807, 2.05) is 27.7 Å². The summed E-state index contributed by atoms with van der Waals surface area (Å²) >= 11 is 0. The van der Waals surface area contributed by atoms with Crippen LogP contribution in [0.2, 0.25) is 0 Å². The Morgan fingerprint density at radius 1 is 0.309 bits per heavy atom. The van der Waals surface area contributed by atoms with Crippen molar-refractivity contribution >= 4 is 87.8 Å². The molecule has 0 aliphatic carbocycles. The van der Waals surface area contributed by atoms with Crippen molar-refractivity contribution in [1.29, 1.82) is 0 Å². The van der Waals surface area contributed by atoms with E-state index in [0.29, 0.717) is 106 Å². The number of rotatable bonds is 42. The molecule has 20 heteroatoms. The molecule has 0 saturated carbocycles. The first-order valence-corrected chi connectivity index (χ1v) is 42.9. The van der Waals surface area contributed by atoms with E-state index in [2.05, 4.69) is 0 Å². The van der Waals surface area contributed by atoms with Gasteiger partial charge >= 0.3 is 647 Å². The standard InChI is InChI=1S/C90H99BF6O11P2/c1-5-9-13-41-61-102-85(98)83(86(99)103-62-42-14-10-6-2)81(70-45-25-17-26-46-70)68-109(75-49-29-19-30-50-75,76-51-31-20-32-52-76,77-53-33-21-34-54-77)107-91(106-74-66-72(89(92,93)94)65-73(67-74)90(95,96)97)108-110(78-55-35-22-36-56-78,79-57-37-23-38-58-79,80-59-39-24-40-60-80)69-82(71-47-27-18-28-48-71)84(87(100)104-63-43-15-11-7-3)88(101)105-64-44-16-12-8-4/h17-40,45-60,65-67H,5-16,41-44,61-64,68-69H2,1-4H3. The average Bonchev–Trinajstić information content (AvgIpc) is 0.682. The van der Waals surface area contributed by atoms with Gasteiger partial charge in [-0.1, -0.05) is 0 Å². The van der Waals surface area contributed by atoms with Gasteiger partial charge in [0.1, 0.15) is 0 Å². The summed E-state index contributed by atoms with van der Waals surface area (Å²) < 4.78 is 144. The molecule has 0 heterocycles. The van der Waals surface area contributed by atoms with Crippen molar-refractivity contribution in [2.75, 3.05) is 38.8 Å². The molecular formula is C90H99BF6O11P2. The van der Waals surface area contributed by atoms with Gasteiger partial charge in [0.05, 0.1) is 0 Å². The third-order valence-corrected chi connectivity index (χ3v) is 31.2. The summed E-state index contributed by atoms with van der Waals surface area (Å²) in [6.45, 7) is -3.85. The second kappa shape index (κ2) is 40.5. The number of carbonyl (C=O) groups excluding carboxylic acids is 4. The molecule has 0 spiro atoms. The summed E-state index contributed by atoms with van der Waals surface area (Å²) in [4.78, 5) is 63.3. The molecule has 9 rings (SSSR count). The zero-order valence-corrected chi connectivity index (χ0v) is 64.9. The Hall–Kier alpha value is -9.44. The van der Waals surface area contributed by atoms with E-state index in [9.17, 15) is 0 Å². The maximum absolute atomic E-state index is 15.8. The first kappa shape index (κ1) is 84.6. The molecule has 0 fully saturated rings. The molecule has 0 N–H and O–H groups in total. The van der Waals surface area contributed by atoms with Crippen LogP contribution in [0.1, 0.15) is 153 Å². The van der Waals surface area contributed by atoms with Crippen LogP contribution in [-0.4, -0.2) is 69.9 Å². The number of esters is 4. The van der Waals surface area contributed by atoms with Crippen LogP contribution in [0.25, 0.3) is 11.1 Å². The van der Waals surface area contributed by atoms with Gasteiger partial charge in [0.15, 0.2) is 0 Å². The second-order valence-electron chi connectivity index (χ2n) is 27.3. The molecular weight excluding hydrogens is 1440 g/mol. The summed E-state index contributed by atoms with van der Waals surface area (Å²) in [5, 5.41) is 1.98. The van der Waals surface area contributed by atoms with Crippen molar-refractivity contribution in [3.05, 3.63) is 294 Å². The van der Waals surface area contributed by atoms with E-state index in [-0.39, 0.29) is 43.6 Å². The van der Waals surface area contributed by atoms with E-state index in [4.69, 9.17) is 32.5 Å². The molecule has 580 valence electrons. The van der Waals surface area contributed by atoms with Gasteiger partial charge < -0.3 is 0 Å². The average molecular weight is 1540 g/mol. The minimum atomic E-state index is -5.83. The Bertz CT molecular complexity index is 3910. The molecule has 0 amide bonds. The topological polar surface area (TPSA) is 133 Å². The van der Waals surface area contributed by atoms with E-state index in [1.165, 1.54) is 0 Å². The number of halogens is 6. The van der Waals surface area contributed by atoms with Gasteiger partial charge in [0.2, 0.25) is 0 Å². The van der Waals surface area contributed by atoms with Crippen molar-refractivity contribution in [3.8, 4) is 5.75 Å². The van der Waals surface area contributed by atoms with E-state index in [1.54, 1.807) is 243 Å². The predicted octanol–water partition coefficient (Wildman–Crippen LogP) is 20.4. The fraction of sp³-hybridized carbons (Fsp3) is 0.311. The van der Waals surface area contributed by atoms with Gasteiger partial charge in [0, 0.05) is 0 Å². The van der Waals surface area contributed by atoms with Crippen LogP contribution in [0.4, 0.5) is 26.3 Å². The number of unbranched alkanes of at least 4 members (excludes halogenated alkanes) is 12. The molecule has 110 heavy (non-hydrogen) atoms. The fourth-order valence-corrected chi connectivity index (χ4v) is 25.6. The van der Waals surface area contributed by atoms with Gasteiger partial charge in [-0.15, -0.1) is 0 Å². The fourth-order valence-electron chi connectivity index (χ4n) is 14.1. The summed E-state index contributed by atoms with van der Waals surface area (Å²) in [6.07, 6.45) is -0.536. The Morgan fingerprint density at radius 3 is 0.755 bits per heavy atom. The van der Waals surface area contributed by atoms with Crippen LogP contribution in [0, 0.1) is 0 Å². The number of hydrogen-bond acceptors (Lipinski definition) is 11. The number of alkyl halides is 6. The molecule has 0 bridgehead atoms. The first-order valence-electron chi connectivity index (χ1n) is 38.2. The predicted molar refractivity (Wildman–Crippen MR) is 432 cm³/mol. The monoisotopic (exact) mass is 1540 g/mol. The Labute approximate surface area is 644 Å². The van der Waals surface area contributed by atoms with Crippen LogP contribution in [0.15, 0.2) is 272 Å². The zero-order chi connectivity index (χ0) is 78.4. The molecule has 0 aromatic heterocycles. The zero-order valence-electron chi connectivity index (χ0n) is 63.1. The van der Waals surface area contributed by atoms with Crippen LogP contribution >= 0.6 is 13.7 Å². The molecule has 9 aromatic rings. The number of benzene rings is 9. The number of ether oxygens (including phenoxy) is 4. The van der Waals surface area contributed by atoms with Crippen molar-refractivity contribution in [2.24, 2.45) is 0 Å². The number of allylic oxidation sites excluding steroid dienone is 2. The van der Waals surface area contributed by atoms with Crippen LogP contribution < -0.4 is 36.5 Å². The van der Waals surface area contributed by atoms with E-state index in [0.717, 1.165) is 51.4 Å². The quantitative estimate of drug-likeness (QED) is 0.00417. The van der Waals surface area contributed by atoms with Crippen LogP contribution in [0.5, 0.6) is 5.75 Å². The van der Waals surface area contributed by atoms with Gasteiger partial charge in [-0.25, -0.2) is 0 Å². The molecule has 11 nitrogen and oxygen atoms in total. The van der Waals surface area contributed by atoms with Crippen LogP contribution in [-0.2, 0) is 59.4 Å². The molecule has 0 aliphatic heterocycles. The number of hydrogen-bond donors (Lipinski definition) is 0. The van der Waals surface area contributed by atoms with Crippen molar-refractivity contribution < 1.29 is 78.0 Å². The van der Waals surface area contributed by atoms with Gasteiger partial charge in [-0.2, -0.15) is 0 Å². The Kier molecular flexibility index (Phi) is 31.1. The van der Waals surface area contributed by atoms with Gasteiger partial charge in [-0.05, 0) is 0 Å².